The number of carbonyl (C=O) groups is 1. The molecule has 2 atom stereocenters. The molecule has 4 nitrogen and oxygen atoms in total. The fourth-order valence-corrected chi connectivity index (χ4v) is 2.40. The number of nitrogens with zero attached hydrogens (tertiary/aromatic N) is 2. The van der Waals surface area contributed by atoms with Crippen LogP contribution < -0.4 is 0 Å². The van der Waals surface area contributed by atoms with Crippen LogP contribution in [0.1, 0.15) is 23.7 Å². The Balaban J connectivity index is 2.01. The van der Waals surface area contributed by atoms with E-state index in [1.54, 1.807) is 0 Å². The molecule has 17 heavy (non-hydrogen) atoms. The summed E-state index contributed by atoms with van der Waals surface area (Å²) in [6, 6.07) is 6.08. The fourth-order valence-electron chi connectivity index (χ4n) is 2.40. The van der Waals surface area contributed by atoms with Gasteiger partial charge in [-0.2, -0.15) is 0 Å². The minimum Gasteiger partial charge on any atom is -0.481 e. The zero-order valence-corrected chi connectivity index (χ0v) is 9.84. The summed E-state index contributed by atoms with van der Waals surface area (Å²) in [5, 5.41) is 8.93. The van der Waals surface area contributed by atoms with Crippen LogP contribution in [-0.4, -0.2) is 20.6 Å². The molecule has 0 spiro atoms. The van der Waals surface area contributed by atoms with Crippen molar-refractivity contribution in [3.8, 4) is 0 Å². The first-order valence-electron chi connectivity index (χ1n) is 5.73. The fraction of sp³-hybridized carbons (Fsp3) is 0.385. The average molecular weight is 230 g/mol. The standard InChI is InChI=1S/C13H14N2O2/c1-7-14-11-5-8(3-4-12(11)15(7)2)9-6-10(9)13(16)17/h3-5,9-10H,6H2,1-2H3,(H,16,17). The molecule has 1 N–H and O–H groups in total. The van der Waals surface area contributed by atoms with E-state index in [0.29, 0.717) is 0 Å². The summed E-state index contributed by atoms with van der Waals surface area (Å²) in [4.78, 5) is 15.3. The van der Waals surface area contributed by atoms with Gasteiger partial charge in [-0.25, -0.2) is 4.98 Å². The van der Waals surface area contributed by atoms with Gasteiger partial charge in [0.1, 0.15) is 5.82 Å². The van der Waals surface area contributed by atoms with Crippen LogP contribution in [0.4, 0.5) is 0 Å². The van der Waals surface area contributed by atoms with Crippen molar-refractivity contribution < 1.29 is 9.90 Å². The quantitative estimate of drug-likeness (QED) is 0.859. The van der Waals surface area contributed by atoms with Crippen molar-refractivity contribution >= 4 is 17.0 Å². The maximum atomic E-state index is 10.8. The molecule has 1 aliphatic carbocycles. The first-order chi connectivity index (χ1) is 8.08. The predicted octanol–water partition coefficient (Wildman–Crippen LogP) is 2.07. The molecular weight excluding hydrogens is 216 g/mol. The third-order valence-corrected chi connectivity index (χ3v) is 3.66. The average Bonchev–Trinajstić information content (AvgIpc) is 3.03. The van der Waals surface area contributed by atoms with Crippen LogP contribution in [0.15, 0.2) is 18.2 Å². The Morgan fingerprint density at radius 1 is 1.53 bits per heavy atom. The zero-order chi connectivity index (χ0) is 12.2. The number of rotatable bonds is 2. The van der Waals surface area contributed by atoms with Crippen molar-refractivity contribution in [3.05, 3.63) is 29.6 Å². The van der Waals surface area contributed by atoms with Gasteiger partial charge in [0.15, 0.2) is 0 Å². The van der Waals surface area contributed by atoms with E-state index in [4.69, 9.17) is 5.11 Å². The molecule has 0 amide bonds. The normalized spacial score (nSPS) is 22.9. The number of hydrogen-bond acceptors (Lipinski definition) is 2. The minimum atomic E-state index is -0.688. The van der Waals surface area contributed by atoms with E-state index in [0.717, 1.165) is 28.8 Å². The van der Waals surface area contributed by atoms with Crippen molar-refractivity contribution in [2.45, 2.75) is 19.3 Å². The number of aliphatic carboxylic acids is 1. The molecule has 1 aromatic heterocycles. The highest BCUT2D eigenvalue weighted by Gasteiger charge is 2.44. The summed E-state index contributed by atoms with van der Waals surface area (Å²) in [5.74, 6) is 0.270. The Labute approximate surface area is 98.9 Å². The lowest BCUT2D eigenvalue weighted by Gasteiger charge is -2.00. The molecule has 0 bridgehead atoms. The van der Waals surface area contributed by atoms with Crippen LogP contribution in [0.25, 0.3) is 11.0 Å². The minimum absolute atomic E-state index is 0.180. The molecule has 88 valence electrons. The Bertz CT molecular complexity index is 615. The SMILES string of the molecule is Cc1nc2cc(C3CC3C(=O)O)ccc2n1C. The lowest BCUT2D eigenvalue weighted by Crippen LogP contribution is -1.98. The maximum absolute atomic E-state index is 10.8. The lowest BCUT2D eigenvalue weighted by atomic mass is 10.1. The predicted molar refractivity (Wildman–Crippen MR) is 63.9 cm³/mol. The van der Waals surface area contributed by atoms with Crippen molar-refractivity contribution in [1.82, 2.24) is 9.55 Å². The van der Waals surface area contributed by atoms with Crippen molar-refractivity contribution in [1.29, 1.82) is 0 Å². The maximum Gasteiger partial charge on any atom is 0.307 e. The van der Waals surface area contributed by atoms with Gasteiger partial charge >= 0.3 is 5.97 Å². The number of carboxylic acids is 1. The summed E-state index contributed by atoms with van der Waals surface area (Å²) >= 11 is 0. The van der Waals surface area contributed by atoms with Crippen LogP contribution in [-0.2, 0) is 11.8 Å². The Morgan fingerprint density at radius 2 is 2.29 bits per heavy atom. The van der Waals surface area contributed by atoms with Gasteiger partial charge in [0.25, 0.3) is 0 Å². The van der Waals surface area contributed by atoms with E-state index in [9.17, 15) is 4.79 Å². The van der Waals surface area contributed by atoms with Crippen LogP contribution in [0.5, 0.6) is 0 Å². The molecule has 4 heteroatoms. The molecule has 1 saturated carbocycles. The zero-order valence-electron chi connectivity index (χ0n) is 9.84. The highest BCUT2D eigenvalue weighted by Crippen LogP contribution is 2.47. The number of fused-ring (bicyclic) bond motifs is 1. The third-order valence-electron chi connectivity index (χ3n) is 3.66. The topological polar surface area (TPSA) is 55.1 Å². The van der Waals surface area contributed by atoms with Crippen LogP contribution in [0, 0.1) is 12.8 Å². The highest BCUT2D eigenvalue weighted by atomic mass is 16.4. The van der Waals surface area contributed by atoms with E-state index in [1.165, 1.54) is 0 Å². The molecule has 1 fully saturated rings. The molecule has 2 aromatic rings. The van der Waals surface area contributed by atoms with Gasteiger partial charge in [-0.05, 0) is 37.0 Å². The van der Waals surface area contributed by atoms with Gasteiger partial charge in [-0.1, -0.05) is 6.07 Å². The van der Waals surface area contributed by atoms with Crippen molar-refractivity contribution in [2.24, 2.45) is 13.0 Å². The van der Waals surface area contributed by atoms with E-state index in [2.05, 4.69) is 4.98 Å². The number of aryl methyl sites for hydroxylation is 2. The van der Waals surface area contributed by atoms with Crippen molar-refractivity contribution in [2.75, 3.05) is 0 Å². The number of hydrogen-bond donors (Lipinski definition) is 1. The summed E-state index contributed by atoms with van der Waals surface area (Å²) in [6.07, 6.45) is 0.757. The molecular formula is C13H14N2O2. The monoisotopic (exact) mass is 230 g/mol. The second kappa shape index (κ2) is 3.32. The first-order valence-corrected chi connectivity index (χ1v) is 5.73. The molecule has 0 aliphatic heterocycles. The summed E-state index contributed by atoms with van der Waals surface area (Å²) in [6.45, 7) is 1.97. The van der Waals surface area contributed by atoms with Crippen LogP contribution in [0.3, 0.4) is 0 Å². The third kappa shape index (κ3) is 1.52. The number of aromatic nitrogens is 2. The molecule has 1 aromatic carbocycles. The molecule has 3 rings (SSSR count). The Kier molecular flexibility index (Phi) is 2.02. The van der Waals surface area contributed by atoms with Gasteiger partial charge < -0.3 is 9.67 Å². The number of benzene rings is 1. The van der Waals surface area contributed by atoms with Gasteiger partial charge in [-0.15, -0.1) is 0 Å². The van der Waals surface area contributed by atoms with Gasteiger partial charge in [-0.3, -0.25) is 4.79 Å². The summed E-state index contributed by atoms with van der Waals surface area (Å²) < 4.78 is 2.04. The first kappa shape index (κ1) is 10.3. The van der Waals surface area contributed by atoms with E-state index >= 15 is 0 Å². The summed E-state index contributed by atoms with van der Waals surface area (Å²) in [5.41, 5.74) is 3.15. The van der Waals surface area contributed by atoms with Gasteiger partial charge in [0.2, 0.25) is 0 Å². The molecule has 0 saturated heterocycles. The highest BCUT2D eigenvalue weighted by molar-refractivity contribution is 5.79. The number of imidazole rings is 1. The van der Waals surface area contributed by atoms with Crippen molar-refractivity contribution in [3.63, 3.8) is 0 Å². The smallest absolute Gasteiger partial charge is 0.307 e. The van der Waals surface area contributed by atoms with Crippen LogP contribution >= 0.6 is 0 Å². The Hall–Kier alpha value is -1.84. The second-order valence-electron chi connectivity index (χ2n) is 4.75. The van der Waals surface area contributed by atoms with E-state index in [1.807, 2.05) is 36.7 Å². The summed E-state index contributed by atoms with van der Waals surface area (Å²) in [7, 11) is 1.99. The molecule has 2 unspecified atom stereocenters. The second-order valence-corrected chi connectivity index (χ2v) is 4.75. The largest absolute Gasteiger partial charge is 0.481 e. The molecule has 0 radical (unpaired) electrons. The van der Waals surface area contributed by atoms with Gasteiger partial charge in [0, 0.05) is 7.05 Å². The molecule has 1 aliphatic rings. The van der Waals surface area contributed by atoms with Gasteiger partial charge in [0.05, 0.1) is 17.0 Å². The lowest BCUT2D eigenvalue weighted by molar-refractivity contribution is -0.138. The van der Waals surface area contributed by atoms with E-state index in [-0.39, 0.29) is 11.8 Å². The number of carboxylic acid groups (broad SMARTS) is 1. The van der Waals surface area contributed by atoms with E-state index < -0.39 is 5.97 Å². The molecule has 1 heterocycles. The van der Waals surface area contributed by atoms with Crippen LogP contribution in [0.2, 0.25) is 0 Å². The Morgan fingerprint density at radius 3 is 2.94 bits per heavy atom.